The van der Waals surface area contributed by atoms with Crippen LogP contribution in [-0.2, 0) is 20.9 Å². The molecule has 188 valence electrons. The van der Waals surface area contributed by atoms with E-state index >= 15 is 0 Å². The number of benzene rings is 3. The van der Waals surface area contributed by atoms with Crippen molar-refractivity contribution in [1.29, 1.82) is 0 Å². The average Bonchev–Trinajstić information content (AvgIpc) is 2.90. The molecule has 0 aromatic heterocycles. The molecule has 3 rings (SSSR count). The molecule has 0 aliphatic rings. The van der Waals surface area contributed by atoms with Crippen LogP contribution in [0.4, 0.5) is 5.69 Å². The van der Waals surface area contributed by atoms with Gasteiger partial charge in [-0.05, 0) is 66.6 Å². The van der Waals surface area contributed by atoms with E-state index in [1.54, 1.807) is 49.6 Å². The van der Waals surface area contributed by atoms with Crippen LogP contribution in [0.15, 0.2) is 72.8 Å². The molecule has 0 spiro atoms. The Kier molecular flexibility index (Phi) is 10.4. The minimum atomic E-state index is -0.480. The molecule has 1 N–H and O–H groups in total. The van der Waals surface area contributed by atoms with E-state index in [0.29, 0.717) is 47.6 Å². The molecule has 3 aromatic carbocycles. The third-order valence-corrected chi connectivity index (χ3v) is 5.21. The summed E-state index contributed by atoms with van der Waals surface area (Å²) in [6.45, 7) is 3.29. The highest BCUT2D eigenvalue weighted by molar-refractivity contribution is 6.30. The van der Waals surface area contributed by atoms with Crippen LogP contribution in [0, 0.1) is 0 Å². The molecule has 0 saturated heterocycles. The molecule has 36 heavy (non-hydrogen) atoms. The summed E-state index contributed by atoms with van der Waals surface area (Å²) in [5.41, 5.74) is 2.55. The molecule has 0 atom stereocenters. The quantitative estimate of drug-likeness (QED) is 0.189. The summed E-state index contributed by atoms with van der Waals surface area (Å²) >= 11 is 5.92. The minimum Gasteiger partial charge on any atom is -0.493 e. The van der Waals surface area contributed by atoms with Gasteiger partial charge in [-0.25, -0.2) is 4.79 Å². The van der Waals surface area contributed by atoms with E-state index in [4.69, 9.17) is 30.5 Å². The fraction of sp³-hybridized carbons (Fsp3) is 0.214. The predicted octanol–water partition coefficient (Wildman–Crippen LogP) is 5.77. The lowest BCUT2D eigenvalue weighted by molar-refractivity contribution is -0.111. The summed E-state index contributed by atoms with van der Waals surface area (Å²) in [6.07, 6.45) is 3.06. The van der Waals surface area contributed by atoms with Gasteiger partial charge < -0.3 is 24.3 Å². The number of ether oxygens (including phenoxy) is 4. The van der Waals surface area contributed by atoms with Gasteiger partial charge in [-0.2, -0.15) is 0 Å². The SMILES string of the molecule is CCOCCOC(=O)c1cccc(NC(=O)/C=C/c2ccc(OCc3ccc(Cl)cc3)c(OC)c2)c1. The smallest absolute Gasteiger partial charge is 0.338 e. The number of hydrogen-bond donors (Lipinski definition) is 1. The van der Waals surface area contributed by atoms with Crippen molar-refractivity contribution in [2.45, 2.75) is 13.5 Å². The predicted molar refractivity (Wildman–Crippen MR) is 140 cm³/mol. The highest BCUT2D eigenvalue weighted by atomic mass is 35.5. The maximum Gasteiger partial charge on any atom is 0.338 e. The van der Waals surface area contributed by atoms with Crippen molar-refractivity contribution in [2.24, 2.45) is 0 Å². The van der Waals surface area contributed by atoms with Crippen molar-refractivity contribution < 1.29 is 28.5 Å². The van der Waals surface area contributed by atoms with Crippen LogP contribution >= 0.6 is 11.6 Å². The van der Waals surface area contributed by atoms with Gasteiger partial charge in [0.2, 0.25) is 5.91 Å². The molecule has 0 fully saturated rings. The Labute approximate surface area is 215 Å². The third kappa shape index (κ3) is 8.45. The molecule has 0 radical (unpaired) electrons. The second-order valence-corrected chi connectivity index (χ2v) is 8.00. The number of nitrogens with one attached hydrogen (secondary N) is 1. The van der Waals surface area contributed by atoms with Gasteiger partial charge in [0, 0.05) is 23.4 Å². The van der Waals surface area contributed by atoms with Crippen molar-refractivity contribution in [2.75, 3.05) is 32.2 Å². The molecule has 0 saturated carbocycles. The van der Waals surface area contributed by atoms with Gasteiger partial charge in [-0.1, -0.05) is 35.9 Å². The lowest BCUT2D eigenvalue weighted by Crippen LogP contribution is -2.12. The number of carbonyl (C=O) groups excluding carboxylic acids is 2. The monoisotopic (exact) mass is 509 g/mol. The van der Waals surface area contributed by atoms with Gasteiger partial charge in [0.15, 0.2) is 11.5 Å². The molecule has 0 aliphatic heterocycles. The molecular weight excluding hydrogens is 482 g/mol. The van der Waals surface area contributed by atoms with Gasteiger partial charge in [-0.15, -0.1) is 0 Å². The van der Waals surface area contributed by atoms with Crippen LogP contribution in [-0.4, -0.2) is 38.8 Å². The second kappa shape index (κ2) is 13.9. The van der Waals surface area contributed by atoms with Crippen LogP contribution < -0.4 is 14.8 Å². The first-order chi connectivity index (χ1) is 17.5. The number of hydrogen-bond acceptors (Lipinski definition) is 6. The van der Waals surface area contributed by atoms with E-state index in [1.807, 2.05) is 37.3 Å². The van der Waals surface area contributed by atoms with E-state index in [-0.39, 0.29) is 12.5 Å². The molecule has 0 unspecified atom stereocenters. The van der Waals surface area contributed by atoms with Gasteiger partial charge in [-0.3, -0.25) is 4.79 Å². The van der Waals surface area contributed by atoms with E-state index in [1.165, 1.54) is 6.08 Å². The first kappa shape index (κ1) is 26.8. The highest BCUT2D eigenvalue weighted by Gasteiger charge is 2.09. The Morgan fingerprint density at radius 3 is 2.53 bits per heavy atom. The molecule has 8 heteroatoms. The fourth-order valence-electron chi connectivity index (χ4n) is 3.15. The lowest BCUT2D eigenvalue weighted by Gasteiger charge is -2.11. The van der Waals surface area contributed by atoms with Crippen LogP contribution in [0.1, 0.15) is 28.4 Å². The van der Waals surface area contributed by atoms with Crippen LogP contribution in [0.5, 0.6) is 11.5 Å². The molecular formula is C28H28ClNO6. The molecule has 0 aliphatic carbocycles. The van der Waals surface area contributed by atoms with Crippen LogP contribution in [0.3, 0.4) is 0 Å². The maximum absolute atomic E-state index is 12.4. The summed E-state index contributed by atoms with van der Waals surface area (Å²) in [5.74, 6) is 0.298. The number of amides is 1. The first-order valence-corrected chi connectivity index (χ1v) is 11.8. The molecule has 1 amide bonds. The van der Waals surface area contributed by atoms with Crippen LogP contribution in [0.2, 0.25) is 5.02 Å². The van der Waals surface area contributed by atoms with E-state index in [2.05, 4.69) is 5.32 Å². The number of esters is 1. The minimum absolute atomic E-state index is 0.167. The number of methoxy groups -OCH3 is 1. The largest absolute Gasteiger partial charge is 0.493 e. The molecule has 0 bridgehead atoms. The number of carbonyl (C=O) groups is 2. The standard InChI is InChI=1S/C28H28ClNO6/c1-3-34-15-16-35-28(32)22-5-4-6-24(18-22)30-27(31)14-10-20-9-13-25(26(17-20)33-2)36-19-21-7-11-23(29)12-8-21/h4-14,17-18H,3,15-16,19H2,1-2H3,(H,30,31)/b14-10+. The van der Waals surface area contributed by atoms with Crippen molar-refractivity contribution in [3.63, 3.8) is 0 Å². The van der Waals surface area contributed by atoms with Gasteiger partial charge in [0.1, 0.15) is 13.2 Å². The Balaban J connectivity index is 1.57. The van der Waals surface area contributed by atoms with Gasteiger partial charge >= 0.3 is 5.97 Å². The topological polar surface area (TPSA) is 83.1 Å². The summed E-state index contributed by atoms with van der Waals surface area (Å²) in [5, 5.41) is 3.41. The number of rotatable bonds is 12. The Hall–Kier alpha value is -3.81. The first-order valence-electron chi connectivity index (χ1n) is 11.4. The fourth-order valence-corrected chi connectivity index (χ4v) is 3.28. The van der Waals surface area contributed by atoms with E-state index in [9.17, 15) is 9.59 Å². The molecule has 0 heterocycles. The second-order valence-electron chi connectivity index (χ2n) is 7.56. The molecule has 7 nitrogen and oxygen atoms in total. The third-order valence-electron chi connectivity index (χ3n) is 4.95. The van der Waals surface area contributed by atoms with Crippen molar-refractivity contribution >= 4 is 35.2 Å². The van der Waals surface area contributed by atoms with Gasteiger partial charge in [0.05, 0.1) is 19.3 Å². The Morgan fingerprint density at radius 2 is 1.78 bits per heavy atom. The summed E-state index contributed by atoms with van der Waals surface area (Å²) in [4.78, 5) is 24.6. The highest BCUT2D eigenvalue weighted by Crippen LogP contribution is 2.29. The van der Waals surface area contributed by atoms with Crippen molar-refractivity contribution in [3.8, 4) is 11.5 Å². The lowest BCUT2D eigenvalue weighted by atomic mass is 10.1. The Bertz CT molecular complexity index is 1190. The summed E-state index contributed by atoms with van der Waals surface area (Å²) in [7, 11) is 1.56. The van der Waals surface area contributed by atoms with Gasteiger partial charge in [0.25, 0.3) is 0 Å². The van der Waals surface area contributed by atoms with Crippen molar-refractivity contribution in [1.82, 2.24) is 0 Å². The molecule has 3 aromatic rings. The zero-order chi connectivity index (χ0) is 25.8. The summed E-state index contributed by atoms with van der Waals surface area (Å²) < 4.78 is 21.6. The summed E-state index contributed by atoms with van der Waals surface area (Å²) in [6, 6.07) is 19.3. The Morgan fingerprint density at radius 1 is 0.972 bits per heavy atom. The average molecular weight is 510 g/mol. The number of halogens is 1. The zero-order valence-electron chi connectivity index (χ0n) is 20.2. The zero-order valence-corrected chi connectivity index (χ0v) is 20.9. The van der Waals surface area contributed by atoms with E-state index in [0.717, 1.165) is 11.1 Å². The van der Waals surface area contributed by atoms with E-state index < -0.39 is 5.97 Å². The maximum atomic E-state index is 12.4. The van der Waals surface area contributed by atoms with Crippen LogP contribution in [0.25, 0.3) is 6.08 Å². The number of anilines is 1. The normalized spacial score (nSPS) is 10.8. The van der Waals surface area contributed by atoms with Crippen molar-refractivity contribution in [3.05, 3.63) is 94.5 Å².